The molecule has 3 rings (SSSR count). The van der Waals surface area contributed by atoms with Crippen molar-refractivity contribution in [3.63, 3.8) is 0 Å². The van der Waals surface area contributed by atoms with Crippen LogP contribution in [0.3, 0.4) is 0 Å². The van der Waals surface area contributed by atoms with Crippen LogP contribution in [0.15, 0.2) is 60.9 Å². The van der Waals surface area contributed by atoms with E-state index in [0.717, 1.165) is 11.6 Å². The third kappa shape index (κ3) is 4.59. The van der Waals surface area contributed by atoms with Crippen LogP contribution in [-0.4, -0.2) is 15.5 Å². The molecule has 2 heterocycles. The number of carbonyl (C=O) groups is 1. The molecule has 0 aliphatic rings. The molecular weight excluding hydrogens is 381 g/mol. The van der Waals surface area contributed by atoms with Crippen molar-refractivity contribution < 1.29 is 18.0 Å². The molecule has 0 saturated carbocycles. The van der Waals surface area contributed by atoms with Crippen molar-refractivity contribution in [3.05, 3.63) is 82.8 Å². The van der Waals surface area contributed by atoms with Gasteiger partial charge in [-0.2, -0.15) is 13.2 Å². The number of aromatic nitrogens is 2. The number of nitrogens with zero attached hydrogens (tertiary/aromatic N) is 2. The highest BCUT2D eigenvalue weighted by molar-refractivity contribution is 6.33. The third-order valence-corrected chi connectivity index (χ3v) is 4.01. The van der Waals surface area contributed by atoms with Crippen molar-refractivity contribution in [2.45, 2.75) is 12.7 Å². The number of nitrogens with one attached hydrogen (secondary N) is 2. The Kier molecular flexibility index (Phi) is 5.36. The lowest BCUT2D eigenvalue weighted by molar-refractivity contribution is -0.137. The van der Waals surface area contributed by atoms with Crippen LogP contribution in [0, 0.1) is 0 Å². The number of carbonyl (C=O) groups excluding carboxylic acids is 1. The zero-order valence-corrected chi connectivity index (χ0v) is 14.6. The summed E-state index contributed by atoms with van der Waals surface area (Å²) >= 11 is 5.80. The lowest BCUT2D eigenvalue weighted by atomic mass is 10.2. The van der Waals surface area contributed by atoms with Crippen molar-refractivity contribution in [2.24, 2.45) is 0 Å². The van der Waals surface area contributed by atoms with Gasteiger partial charge in [0.1, 0.15) is 5.69 Å². The van der Waals surface area contributed by atoms with Crippen LogP contribution >= 0.6 is 11.6 Å². The van der Waals surface area contributed by atoms with Crippen LogP contribution in [0.2, 0.25) is 5.02 Å². The normalized spacial score (nSPS) is 11.3. The van der Waals surface area contributed by atoms with E-state index in [2.05, 4.69) is 15.8 Å². The molecule has 1 aromatic carbocycles. The van der Waals surface area contributed by atoms with Crippen LogP contribution < -0.4 is 10.9 Å². The van der Waals surface area contributed by atoms with Gasteiger partial charge in [0.25, 0.3) is 5.91 Å². The smallest absolute Gasteiger partial charge is 0.339 e. The van der Waals surface area contributed by atoms with E-state index in [9.17, 15) is 18.0 Å². The Morgan fingerprint density at radius 2 is 1.89 bits per heavy atom. The average molecular weight is 395 g/mol. The van der Waals surface area contributed by atoms with Gasteiger partial charge >= 0.3 is 6.18 Å². The molecule has 1 amide bonds. The fourth-order valence-electron chi connectivity index (χ4n) is 2.40. The van der Waals surface area contributed by atoms with Gasteiger partial charge in [0.15, 0.2) is 5.82 Å². The first kappa shape index (κ1) is 18.8. The molecule has 0 saturated heterocycles. The van der Waals surface area contributed by atoms with E-state index in [-0.39, 0.29) is 10.8 Å². The molecule has 0 aliphatic heterocycles. The summed E-state index contributed by atoms with van der Waals surface area (Å²) in [5.74, 6) is -0.562. The van der Waals surface area contributed by atoms with Crippen molar-refractivity contribution >= 4 is 23.3 Å². The summed E-state index contributed by atoms with van der Waals surface area (Å²) in [6.45, 7) is 0.496. The molecule has 5 nitrogen and oxygen atoms in total. The zero-order chi connectivity index (χ0) is 19.4. The minimum Gasteiger partial charge on any atom is -0.339 e. The Morgan fingerprint density at radius 1 is 1.15 bits per heavy atom. The number of alkyl halides is 3. The maximum atomic E-state index is 12.6. The molecular formula is C18H14ClF3N4O. The minimum atomic E-state index is -4.54. The standard InChI is InChI=1S/C18H14ClF3N4O/c19-14-9-13(18(20,21)22)10-23-16(14)24-25-17(27)15-7-4-8-26(15)11-12-5-2-1-3-6-12/h1-10H,11H2,(H,23,24)(H,25,27). The van der Waals surface area contributed by atoms with E-state index in [1.165, 1.54) is 0 Å². The molecule has 0 fully saturated rings. The van der Waals surface area contributed by atoms with Crippen molar-refractivity contribution in [3.8, 4) is 0 Å². The summed E-state index contributed by atoms with van der Waals surface area (Å²) in [7, 11) is 0. The van der Waals surface area contributed by atoms with Gasteiger partial charge in [-0.3, -0.25) is 15.6 Å². The highest BCUT2D eigenvalue weighted by Crippen LogP contribution is 2.32. The molecule has 0 spiro atoms. The number of pyridine rings is 1. The molecule has 0 aliphatic carbocycles. The van der Waals surface area contributed by atoms with Crippen LogP contribution in [0.4, 0.5) is 19.0 Å². The first-order valence-electron chi connectivity index (χ1n) is 7.83. The maximum absolute atomic E-state index is 12.6. The summed E-state index contributed by atoms with van der Waals surface area (Å²) in [5, 5.41) is -0.259. The van der Waals surface area contributed by atoms with Crippen molar-refractivity contribution in [1.29, 1.82) is 0 Å². The molecule has 0 unspecified atom stereocenters. The van der Waals surface area contributed by atoms with E-state index in [1.807, 2.05) is 30.3 Å². The largest absolute Gasteiger partial charge is 0.417 e. The Hall–Kier alpha value is -3.00. The Balaban J connectivity index is 1.68. The van der Waals surface area contributed by atoms with Gasteiger partial charge in [-0.25, -0.2) is 4.98 Å². The first-order valence-corrected chi connectivity index (χ1v) is 8.20. The number of hydrazine groups is 1. The summed E-state index contributed by atoms with van der Waals surface area (Å²) in [4.78, 5) is 16.0. The van der Waals surface area contributed by atoms with E-state index in [4.69, 9.17) is 11.6 Å². The van der Waals surface area contributed by atoms with Gasteiger partial charge in [-0.15, -0.1) is 0 Å². The van der Waals surface area contributed by atoms with Crippen molar-refractivity contribution in [1.82, 2.24) is 15.0 Å². The zero-order valence-electron chi connectivity index (χ0n) is 13.8. The second-order valence-corrected chi connectivity index (χ2v) is 6.05. The van der Waals surface area contributed by atoms with Gasteiger partial charge in [-0.05, 0) is 23.8 Å². The molecule has 9 heteroatoms. The molecule has 3 aromatic rings. The Bertz CT molecular complexity index is 941. The van der Waals surface area contributed by atoms with Crippen molar-refractivity contribution in [2.75, 3.05) is 5.43 Å². The Labute approximate surface area is 157 Å². The molecule has 0 radical (unpaired) electrons. The fraction of sp³-hybridized carbons (Fsp3) is 0.111. The Morgan fingerprint density at radius 3 is 2.56 bits per heavy atom. The van der Waals surface area contributed by atoms with Crippen LogP contribution in [0.5, 0.6) is 0 Å². The minimum absolute atomic E-state index is 0.0841. The summed E-state index contributed by atoms with van der Waals surface area (Å²) in [6.07, 6.45) is -2.15. The van der Waals surface area contributed by atoms with Crippen LogP contribution in [0.25, 0.3) is 0 Å². The number of halogens is 4. The predicted molar refractivity (Wildman–Crippen MR) is 95.3 cm³/mol. The first-order chi connectivity index (χ1) is 12.8. The molecule has 0 bridgehead atoms. The van der Waals surface area contributed by atoms with E-state index in [1.54, 1.807) is 22.9 Å². The number of amides is 1. The predicted octanol–water partition coefficient (Wildman–Crippen LogP) is 4.36. The van der Waals surface area contributed by atoms with Gasteiger partial charge in [0, 0.05) is 18.9 Å². The summed E-state index contributed by atoms with van der Waals surface area (Å²) < 4.78 is 39.6. The van der Waals surface area contributed by atoms with Gasteiger partial charge in [0.05, 0.1) is 10.6 Å². The number of rotatable bonds is 5. The highest BCUT2D eigenvalue weighted by atomic mass is 35.5. The summed E-state index contributed by atoms with van der Waals surface area (Å²) in [5.41, 5.74) is 5.25. The SMILES string of the molecule is O=C(NNc1ncc(C(F)(F)F)cc1Cl)c1cccn1Cc1ccccc1. The number of hydrogen-bond donors (Lipinski definition) is 2. The second-order valence-electron chi connectivity index (χ2n) is 5.64. The maximum Gasteiger partial charge on any atom is 0.417 e. The fourth-order valence-corrected chi connectivity index (χ4v) is 2.62. The quantitative estimate of drug-likeness (QED) is 0.632. The van der Waals surface area contributed by atoms with Gasteiger partial charge < -0.3 is 4.57 Å². The average Bonchev–Trinajstić information content (AvgIpc) is 3.08. The van der Waals surface area contributed by atoms with E-state index >= 15 is 0 Å². The topological polar surface area (TPSA) is 59.0 Å². The number of hydrogen-bond acceptors (Lipinski definition) is 3. The lowest BCUT2D eigenvalue weighted by Crippen LogP contribution is -2.31. The molecule has 2 aromatic heterocycles. The van der Waals surface area contributed by atoms with E-state index in [0.29, 0.717) is 18.4 Å². The number of anilines is 1. The molecule has 140 valence electrons. The number of benzene rings is 1. The second kappa shape index (κ2) is 7.71. The van der Waals surface area contributed by atoms with Gasteiger partial charge in [-0.1, -0.05) is 41.9 Å². The van der Waals surface area contributed by atoms with Gasteiger partial charge in [0.2, 0.25) is 0 Å². The molecule has 27 heavy (non-hydrogen) atoms. The van der Waals surface area contributed by atoms with Crippen LogP contribution in [0.1, 0.15) is 21.6 Å². The van der Waals surface area contributed by atoms with E-state index < -0.39 is 17.6 Å². The third-order valence-electron chi connectivity index (χ3n) is 3.72. The monoisotopic (exact) mass is 394 g/mol. The molecule has 2 N–H and O–H groups in total. The summed E-state index contributed by atoms with van der Waals surface area (Å²) in [6, 6.07) is 13.7. The highest BCUT2D eigenvalue weighted by Gasteiger charge is 2.31. The lowest BCUT2D eigenvalue weighted by Gasteiger charge is -2.13. The molecule has 0 atom stereocenters. The van der Waals surface area contributed by atoms with Crippen LogP contribution in [-0.2, 0) is 12.7 Å².